The number of benzene rings is 2. The minimum Gasteiger partial charge on any atom is -0.352 e. The lowest BCUT2D eigenvalue weighted by Gasteiger charge is -2.31. The smallest absolute Gasteiger partial charge is 0.226 e. The summed E-state index contributed by atoms with van der Waals surface area (Å²) in [6.45, 7) is 5.97. The average Bonchev–Trinajstić information content (AvgIpc) is 2.68. The molecule has 2 aromatic rings. The van der Waals surface area contributed by atoms with E-state index in [1.807, 2.05) is 48.2 Å². The minimum atomic E-state index is -0.00248. The van der Waals surface area contributed by atoms with Crippen LogP contribution in [0.15, 0.2) is 48.5 Å². The van der Waals surface area contributed by atoms with E-state index in [0.717, 1.165) is 29.5 Å². The van der Waals surface area contributed by atoms with Crippen molar-refractivity contribution in [1.82, 2.24) is 10.2 Å². The quantitative estimate of drug-likeness (QED) is 0.884. The first-order chi connectivity index (χ1) is 13.0. The van der Waals surface area contributed by atoms with Crippen molar-refractivity contribution in [3.05, 3.63) is 70.8 Å². The summed E-state index contributed by atoms with van der Waals surface area (Å²) < 4.78 is 0. The van der Waals surface area contributed by atoms with E-state index in [0.29, 0.717) is 26.1 Å². The Morgan fingerprint density at radius 1 is 1.04 bits per heavy atom. The molecule has 0 aliphatic carbocycles. The zero-order valence-electron chi connectivity index (χ0n) is 16.2. The first-order valence-electron chi connectivity index (χ1n) is 9.68. The molecule has 0 radical (unpaired) electrons. The van der Waals surface area contributed by atoms with Gasteiger partial charge in [-0.05, 0) is 43.4 Å². The molecule has 1 aliphatic heterocycles. The Morgan fingerprint density at radius 3 is 2.48 bits per heavy atom. The van der Waals surface area contributed by atoms with Crippen LogP contribution in [0.5, 0.6) is 0 Å². The molecule has 0 atom stereocenters. The molecule has 1 fully saturated rings. The molecule has 27 heavy (non-hydrogen) atoms. The van der Waals surface area contributed by atoms with Gasteiger partial charge in [-0.2, -0.15) is 0 Å². The van der Waals surface area contributed by atoms with E-state index in [1.54, 1.807) is 0 Å². The van der Waals surface area contributed by atoms with Crippen molar-refractivity contribution < 1.29 is 9.59 Å². The molecule has 1 N–H and O–H groups in total. The van der Waals surface area contributed by atoms with Gasteiger partial charge in [0.25, 0.3) is 0 Å². The normalized spacial score (nSPS) is 14.8. The summed E-state index contributed by atoms with van der Waals surface area (Å²) in [7, 11) is 0. The number of hydrogen-bond donors (Lipinski definition) is 1. The molecule has 0 spiro atoms. The summed E-state index contributed by atoms with van der Waals surface area (Å²) in [5.41, 5.74) is 4.55. The van der Waals surface area contributed by atoms with Crippen molar-refractivity contribution in [2.24, 2.45) is 5.92 Å². The maximum Gasteiger partial charge on any atom is 0.226 e. The van der Waals surface area contributed by atoms with Gasteiger partial charge in [0.05, 0.1) is 6.42 Å². The summed E-state index contributed by atoms with van der Waals surface area (Å²) in [6.07, 6.45) is 1.91. The molecular weight excluding hydrogens is 336 g/mol. The molecule has 4 nitrogen and oxygen atoms in total. The number of rotatable bonds is 5. The van der Waals surface area contributed by atoms with Crippen LogP contribution in [0.2, 0.25) is 0 Å². The molecule has 3 rings (SSSR count). The molecule has 1 aliphatic rings. The SMILES string of the molecule is Cc1cccc(CNC(=O)C2CCN(C(=O)Cc3ccccc3C)CC2)c1. The van der Waals surface area contributed by atoms with E-state index in [9.17, 15) is 9.59 Å². The van der Waals surface area contributed by atoms with Crippen LogP contribution in [-0.4, -0.2) is 29.8 Å². The van der Waals surface area contributed by atoms with Gasteiger partial charge >= 0.3 is 0 Å². The molecule has 2 aromatic carbocycles. The summed E-state index contributed by atoms with van der Waals surface area (Å²) >= 11 is 0. The second-order valence-corrected chi connectivity index (χ2v) is 7.47. The minimum absolute atomic E-state index is 0.00248. The van der Waals surface area contributed by atoms with Gasteiger partial charge in [0.15, 0.2) is 0 Å². The molecule has 0 bridgehead atoms. The largest absolute Gasteiger partial charge is 0.352 e. The summed E-state index contributed by atoms with van der Waals surface area (Å²) in [6, 6.07) is 16.2. The van der Waals surface area contributed by atoms with Gasteiger partial charge in [0, 0.05) is 25.6 Å². The van der Waals surface area contributed by atoms with Crippen molar-refractivity contribution in [1.29, 1.82) is 0 Å². The van der Waals surface area contributed by atoms with Crippen molar-refractivity contribution >= 4 is 11.8 Å². The first-order valence-corrected chi connectivity index (χ1v) is 9.68. The lowest BCUT2D eigenvalue weighted by Crippen LogP contribution is -2.43. The van der Waals surface area contributed by atoms with Crippen LogP contribution in [0.3, 0.4) is 0 Å². The molecule has 0 saturated carbocycles. The Balaban J connectivity index is 1.46. The molecule has 2 amide bonds. The number of hydrogen-bond acceptors (Lipinski definition) is 2. The lowest BCUT2D eigenvalue weighted by atomic mass is 9.95. The van der Waals surface area contributed by atoms with E-state index >= 15 is 0 Å². The van der Waals surface area contributed by atoms with Crippen LogP contribution in [0, 0.1) is 19.8 Å². The van der Waals surface area contributed by atoms with Crippen LogP contribution < -0.4 is 5.32 Å². The van der Waals surface area contributed by atoms with Gasteiger partial charge < -0.3 is 10.2 Å². The maximum absolute atomic E-state index is 12.6. The summed E-state index contributed by atoms with van der Waals surface area (Å²) in [5.74, 6) is 0.253. The third kappa shape index (κ3) is 5.19. The predicted molar refractivity (Wildman–Crippen MR) is 107 cm³/mol. The second-order valence-electron chi connectivity index (χ2n) is 7.47. The van der Waals surface area contributed by atoms with Gasteiger partial charge in [-0.1, -0.05) is 54.1 Å². The van der Waals surface area contributed by atoms with Crippen LogP contribution >= 0.6 is 0 Å². The van der Waals surface area contributed by atoms with Gasteiger partial charge in [0.2, 0.25) is 11.8 Å². The number of aryl methyl sites for hydroxylation is 2. The van der Waals surface area contributed by atoms with Crippen molar-refractivity contribution in [2.45, 2.75) is 39.7 Å². The number of carbonyl (C=O) groups excluding carboxylic acids is 2. The fourth-order valence-electron chi connectivity index (χ4n) is 3.63. The van der Waals surface area contributed by atoms with E-state index < -0.39 is 0 Å². The highest BCUT2D eigenvalue weighted by atomic mass is 16.2. The summed E-state index contributed by atoms with van der Waals surface area (Å²) in [5, 5.41) is 3.04. The Labute approximate surface area is 161 Å². The zero-order chi connectivity index (χ0) is 19.2. The topological polar surface area (TPSA) is 49.4 Å². The second kappa shape index (κ2) is 8.85. The van der Waals surface area contributed by atoms with Gasteiger partial charge in [0.1, 0.15) is 0 Å². The number of amides is 2. The number of piperidine rings is 1. The Morgan fingerprint density at radius 2 is 1.78 bits per heavy atom. The lowest BCUT2D eigenvalue weighted by molar-refractivity contribution is -0.135. The van der Waals surface area contributed by atoms with Crippen LogP contribution in [0.1, 0.15) is 35.1 Å². The van der Waals surface area contributed by atoms with Crippen molar-refractivity contribution in [3.63, 3.8) is 0 Å². The van der Waals surface area contributed by atoms with Crippen LogP contribution in [0.4, 0.5) is 0 Å². The highest BCUT2D eigenvalue weighted by Gasteiger charge is 2.27. The maximum atomic E-state index is 12.6. The van der Waals surface area contributed by atoms with E-state index in [4.69, 9.17) is 0 Å². The number of likely N-dealkylation sites (tertiary alicyclic amines) is 1. The Bertz CT molecular complexity index is 808. The Kier molecular flexibility index (Phi) is 6.28. The fraction of sp³-hybridized carbons (Fsp3) is 0.391. The Hall–Kier alpha value is -2.62. The molecule has 4 heteroatoms. The monoisotopic (exact) mass is 364 g/mol. The van der Waals surface area contributed by atoms with E-state index in [1.165, 1.54) is 5.56 Å². The van der Waals surface area contributed by atoms with Gasteiger partial charge in [-0.3, -0.25) is 9.59 Å². The molecule has 0 unspecified atom stereocenters. The molecule has 1 saturated heterocycles. The number of nitrogens with zero attached hydrogens (tertiary/aromatic N) is 1. The third-order valence-corrected chi connectivity index (χ3v) is 5.37. The highest BCUT2D eigenvalue weighted by molar-refractivity contribution is 5.81. The van der Waals surface area contributed by atoms with Gasteiger partial charge in [-0.15, -0.1) is 0 Å². The number of carbonyl (C=O) groups is 2. The summed E-state index contributed by atoms with van der Waals surface area (Å²) in [4.78, 5) is 26.9. The predicted octanol–water partition coefficient (Wildman–Crippen LogP) is 3.40. The van der Waals surface area contributed by atoms with Gasteiger partial charge in [-0.25, -0.2) is 0 Å². The van der Waals surface area contributed by atoms with E-state index in [-0.39, 0.29) is 17.7 Å². The van der Waals surface area contributed by atoms with Crippen molar-refractivity contribution in [2.75, 3.05) is 13.1 Å². The molecule has 0 aromatic heterocycles. The molecular formula is C23H28N2O2. The highest BCUT2D eigenvalue weighted by Crippen LogP contribution is 2.19. The van der Waals surface area contributed by atoms with Crippen LogP contribution in [0.25, 0.3) is 0 Å². The average molecular weight is 364 g/mol. The fourth-order valence-corrected chi connectivity index (χ4v) is 3.63. The molecule has 142 valence electrons. The number of nitrogens with one attached hydrogen (secondary N) is 1. The van der Waals surface area contributed by atoms with E-state index in [2.05, 4.69) is 24.4 Å². The standard InChI is InChI=1S/C23H28N2O2/c1-17-6-5-8-19(14-17)16-24-23(27)20-10-12-25(13-11-20)22(26)15-21-9-4-3-7-18(21)2/h3-9,14,20H,10-13,15-16H2,1-2H3,(H,24,27). The zero-order valence-corrected chi connectivity index (χ0v) is 16.2. The third-order valence-electron chi connectivity index (χ3n) is 5.37. The first kappa shape index (κ1) is 19.2. The molecule has 1 heterocycles. The van der Waals surface area contributed by atoms with Crippen molar-refractivity contribution in [3.8, 4) is 0 Å². The van der Waals surface area contributed by atoms with Crippen LogP contribution in [-0.2, 0) is 22.6 Å².